The van der Waals surface area contributed by atoms with Crippen molar-refractivity contribution in [1.29, 1.82) is 0 Å². The summed E-state index contributed by atoms with van der Waals surface area (Å²) in [6.07, 6.45) is 0. The summed E-state index contributed by atoms with van der Waals surface area (Å²) in [4.78, 5) is 2.32. The van der Waals surface area contributed by atoms with E-state index in [2.05, 4.69) is 4.72 Å². The molecule has 0 saturated carbocycles. The molecule has 1 saturated heterocycles. The number of para-hydroxylation sites is 1. The minimum atomic E-state index is -3.43. The maximum absolute atomic E-state index is 11.9. The molecule has 1 aromatic rings. The van der Waals surface area contributed by atoms with Crippen LogP contribution in [0.4, 0.5) is 5.69 Å². The molecule has 1 heterocycles. The number of hydrogen-bond donors (Lipinski definition) is 1. The fourth-order valence-corrected chi connectivity index (χ4v) is 3.07. The number of benzene rings is 1. The van der Waals surface area contributed by atoms with E-state index in [-0.39, 0.29) is 5.60 Å². The lowest BCUT2D eigenvalue weighted by Gasteiger charge is -2.48. The zero-order valence-electron chi connectivity index (χ0n) is 10.8. The summed E-state index contributed by atoms with van der Waals surface area (Å²) in [6, 6.07) is 7.00. The first-order valence-electron chi connectivity index (χ1n) is 5.74. The molecule has 6 heteroatoms. The van der Waals surface area contributed by atoms with Gasteiger partial charge in [-0.15, -0.1) is 0 Å². The normalized spacial score (nSPS) is 18.5. The van der Waals surface area contributed by atoms with Crippen LogP contribution in [0.3, 0.4) is 0 Å². The van der Waals surface area contributed by atoms with Crippen LogP contribution in [0.5, 0.6) is 0 Å². The standard InChI is InChI=1S/C12H18N2O3S/c1-12(17-3)8-14(9-12)10-6-4-5-7-11(10)18(15,16)13-2/h4-7,13H,8-9H2,1-3H3. The Morgan fingerprint density at radius 1 is 1.33 bits per heavy atom. The van der Waals surface area contributed by atoms with Gasteiger partial charge in [-0.25, -0.2) is 13.1 Å². The molecule has 0 spiro atoms. The maximum Gasteiger partial charge on any atom is 0.242 e. The van der Waals surface area contributed by atoms with E-state index in [1.54, 1.807) is 19.2 Å². The molecular formula is C12H18N2O3S. The van der Waals surface area contributed by atoms with Crippen molar-refractivity contribution in [2.24, 2.45) is 0 Å². The van der Waals surface area contributed by atoms with Gasteiger partial charge in [-0.3, -0.25) is 0 Å². The summed E-state index contributed by atoms with van der Waals surface area (Å²) in [7, 11) is -0.334. The minimum absolute atomic E-state index is 0.184. The molecular weight excluding hydrogens is 252 g/mol. The van der Waals surface area contributed by atoms with Crippen molar-refractivity contribution in [3.05, 3.63) is 24.3 Å². The third-order valence-corrected chi connectivity index (χ3v) is 4.77. The largest absolute Gasteiger partial charge is 0.375 e. The molecule has 100 valence electrons. The van der Waals surface area contributed by atoms with Crippen molar-refractivity contribution in [2.45, 2.75) is 17.4 Å². The van der Waals surface area contributed by atoms with Crippen LogP contribution < -0.4 is 9.62 Å². The zero-order chi connectivity index (χ0) is 13.4. The van der Waals surface area contributed by atoms with Gasteiger partial charge in [0.05, 0.1) is 11.3 Å². The summed E-state index contributed by atoms with van der Waals surface area (Å²) in [5.74, 6) is 0. The molecule has 0 amide bonds. The second kappa shape index (κ2) is 4.53. The number of sulfonamides is 1. The first-order chi connectivity index (χ1) is 8.42. The molecule has 0 aliphatic carbocycles. The van der Waals surface area contributed by atoms with Crippen LogP contribution in [-0.4, -0.2) is 41.3 Å². The fraction of sp³-hybridized carbons (Fsp3) is 0.500. The highest BCUT2D eigenvalue weighted by molar-refractivity contribution is 7.89. The van der Waals surface area contributed by atoms with Crippen molar-refractivity contribution < 1.29 is 13.2 Å². The highest BCUT2D eigenvalue weighted by atomic mass is 32.2. The van der Waals surface area contributed by atoms with Crippen LogP contribution in [0.2, 0.25) is 0 Å². The van der Waals surface area contributed by atoms with Crippen molar-refractivity contribution in [1.82, 2.24) is 4.72 Å². The number of nitrogens with one attached hydrogen (secondary N) is 1. The zero-order valence-corrected chi connectivity index (χ0v) is 11.6. The maximum atomic E-state index is 11.9. The van der Waals surface area contributed by atoms with Crippen molar-refractivity contribution >= 4 is 15.7 Å². The Labute approximate surface area is 108 Å². The van der Waals surface area contributed by atoms with Crippen molar-refractivity contribution in [2.75, 3.05) is 32.1 Å². The number of hydrogen-bond acceptors (Lipinski definition) is 4. The van der Waals surface area contributed by atoms with Gasteiger partial charge in [0.2, 0.25) is 10.0 Å². The quantitative estimate of drug-likeness (QED) is 0.880. The number of ether oxygens (including phenoxy) is 1. The predicted octanol–water partition coefficient (Wildman–Crippen LogP) is 0.820. The van der Waals surface area contributed by atoms with Gasteiger partial charge >= 0.3 is 0 Å². The van der Waals surface area contributed by atoms with Gasteiger partial charge in [-0.2, -0.15) is 0 Å². The number of methoxy groups -OCH3 is 1. The second-order valence-electron chi connectivity index (χ2n) is 4.69. The Morgan fingerprint density at radius 2 is 1.94 bits per heavy atom. The van der Waals surface area contributed by atoms with E-state index < -0.39 is 10.0 Å². The number of nitrogens with zero attached hydrogens (tertiary/aromatic N) is 1. The van der Waals surface area contributed by atoms with Crippen LogP contribution in [0.15, 0.2) is 29.2 Å². The van der Waals surface area contributed by atoms with Gasteiger partial charge in [-0.1, -0.05) is 12.1 Å². The monoisotopic (exact) mass is 270 g/mol. The van der Waals surface area contributed by atoms with E-state index in [1.807, 2.05) is 24.0 Å². The fourth-order valence-electron chi connectivity index (χ4n) is 2.12. The summed E-state index contributed by atoms with van der Waals surface area (Å²) in [6.45, 7) is 3.40. The number of anilines is 1. The Hall–Kier alpha value is -1.11. The molecule has 18 heavy (non-hydrogen) atoms. The van der Waals surface area contributed by atoms with Gasteiger partial charge in [0.15, 0.2) is 0 Å². The van der Waals surface area contributed by atoms with Crippen molar-refractivity contribution in [3.8, 4) is 0 Å². The lowest BCUT2D eigenvalue weighted by Crippen LogP contribution is -2.61. The molecule has 0 unspecified atom stereocenters. The van der Waals surface area contributed by atoms with Gasteiger partial charge in [0.1, 0.15) is 4.90 Å². The van der Waals surface area contributed by atoms with Crippen LogP contribution >= 0.6 is 0 Å². The van der Waals surface area contributed by atoms with E-state index in [9.17, 15) is 8.42 Å². The molecule has 1 aromatic carbocycles. The number of rotatable bonds is 4. The van der Waals surface area contributed by atoms with Gasteiger partial charge in [0.25, 0.3) is 0 Å². The van der Waals surface area contributed by atoms with Crippen LogP contribution in [0, 0.1) is 0 Å². The van der Waals surface area contributed by atoms with Gasteiger partial charge in [-0.05, 0) is 26.1 Å². The highest BCUT2D eigenvalue weighted by Gasteiger charge is 2.40. The summed E-state index contributed by atoms with van der Waals surface area (Å²) in [5, 5.41) is 0. The molecule has 2 rings (SSSR count). The Bertz CT molecular complexity index is 536. The minimum Gasteiger partial charge on any atom is -0.375 e. The van der Waals surface area contributed by atoms with Gasteiger partial charge < -0.3 is 9.64 Å². The molecule has 0 atom stereocenters. The average molecular weight is 270 g/mol. The first kappa shape index (κ1) is 13.3. The second-order valence-corrected chi connectivity index (χ2v) is 6.54. The van der Waals surface area contributed by atoms with Crippen LogP contribution in [0.1, 0.15) is 6.92 Å². The van der Waals surface area contributed by atoms with Gasteiger partial charge in [0, 0.05) is 20.2 Å². The molecule has 0 radical (unpaired) electrons. The Morgan fingerprint density at radius 3 is 2.50 bits per heavy atom. The lowest BCUT2D eigenvalue weighted by atomic mass is 9.95. The third kappa shape index (κ3) is 2.23. The molecule has 1 aliphatic rings. The molecule has 1 fully saturated rings. The highest BCUT2D eigenvalue weighted by Crippen LogP contribution is 2.33. The molecule has 0 bridgehead atoms. The molecule has 1 aliphatic heterocycles. The smallest absolute Gasteiger partial charge is 0.242 e. The Kier molecular flexibility index (Phi) is 3.35. The van der Waals surface area contributed by atoms with E-state index in [0.29, 0.717) is 18.0 Å². The molecule has 0 aromatic heterocycles. The van der Waals surface area contributed by atoms with Crippen LogP contribution in [0.25, 0.3) is 0 Å². The topological polar surface area (TPSA) is 58.6 Å². The molecule has 1 N–H and O–H groups in total. The van der Waals surface area contributed by atoms with E-state index >= 15 is 0 Å². The third-order valence-electron chi connectivity index (χ3n) is 3.31. The van der Waals surface area contributed by atoms with Crippen LogP contribution in [-0.2, 0) is 14.8 Å². The predicted molar refractivity (Wildman–Crippen MR) is 70.3 cm³/mol. The van der Waals surface area contributed by atoms with E-state index in [4.69, 9.17) is 4.74 Å². The lowest BCUT2D eigenvalue weighted by molar-refractivity contribution is -0.0170. The van der Waals surface area contributed by atoms with Crippen molar-refractivity contribution in [3.63, 3.8) is 0 Å². The van der Waals surface area contributed by atoms with E-state index in [1.165, 1.54) is 7.05 Å². The summed E-state index contributed by atoms with van der Waals surface area (Å²) < 4.78 is 31.6. The molecule has 5 nitrogen and oxygen atoms in total. The first-order valence-corrected chi connectivity index (χ1v) is 7.23. The summed E-state index contributed by atoms with van der Waals surface area (Å²) in [5.41, 5.74) is 0.539. The SMILES string of the molecule is CNS(=O)(=O)c1ccccc1N1CC(C)(OC)C1. The average Bonchev–Trinajstić information content (AvgIpc) is 2.35. The Balaban J connectivity index is 2.31. The summed E-state index contributed by atoms with van der Waals surface area (Å²) >= 11 is 0. The van der Waals surface area contributed by atoms with E-state index in [0.717, 1.165) is 5.69 Å².